The summed E-state index contributed by atoms with van der Waals surface area (Å²) in [6, 6.07) is 8.64. The number of nitrogens with one attached hydrogen (secondary N) is 1. The number of rotatable bonds is 18. The molecule has 4 N–H and O–H groups in total. The van der Waals surface area contributed by atoms with Crippen LogP contribution in [0.5, 0.6) is 17.2 Å². The van der Waals surface area contributed by atoms with E-state index in [0.717, 1.165) is 76.8 Å². The minimum Gasteiger partial charge on any atom is -0.508 e. The zero-order valence-electron chi connectivity index (χ0n) is 61.9. The molecular formula is C77H92Cl4F4N12O13. The summed E-state index contributed by atoms with van der Waals surface area (Å²) >= 11 is 19.7. The number of ether oxygens (including phenoxy) is 3. The molecule has 6 aliphatic heterocycles. The number of carboxylic acids is 1. The zero-order valence-corrected chi connectivity index (χ0v) is 65.0. The number of phenolic OH excluding ortho intramolecular Hbond substituents is 1. The number of carbonyl (C=O) groups excluding carboxylic acids is 6. The molecule has 7 fully saturated rings. The van der Waals surface area contributed by atoms with E-state index in [-0.39, 0.29) is 138 Å². The summed E-state index contributed by atoms with van der Waals surface area (Å²) in [6.07, 6.45) is 8.04. The van der Waals surface area contributed by atoms with Crippen LogP contribution in [0, 0.1) is 38.9 Å². The molecule has 5 aromatic rings. The Kier molecular flexibility index (Phi) is 22.8. The molecule has 2 aromatic heterocycles. The predicted octanol–water partition coefficient (Wildman–Crippen LogP) is 10.9. The number of nitrogens with zero attached hydrogens (tertiary/aromatic N) is 11. The van der Waals surface area contributed by atoms with E-state index in [1.165, 1.54) is 41.0 Å². The van der Waals surface area contributed by atoms with Crippen LogP contribution >= 0.6 is 47.2 Å². The lowest BCUT2D eigenvalue weighted by atomic mass is 9.65. The molecule has 11 aliphatic rings. The number of aliphatic hydroxyl groups excluding tert-OH is 1. The number of likely N-dealkylation sites (tertiary alicyclic amines) is 3. The summed E-state index contributed by atoms with van der Waals surface area (Å²) in [5.41, 5.74) is 1.57. The number of hydrogen-bond donors (Lipinski definition) is 4. The van der Waals surface area contributed by atoms with E-state index in [2.05, 4.69) is 25.9 Å². The number of hydrogen-bond acceptors (Lipinski definition) is 17. The van der Waals surface area contributed by atoms with Gasteiger partial charge in [0.05, 0.1) is 54.0 Å². The first kappa shape index (κ1) is 80.2. The standard InChI is InChI=1S/C31H36ClF2N5O5.C30H36ClF2N5O6.C16H19ClN2O2.ClH/c1-30(29(42)43-3)10-5-4-6-19(30)28(41)39-13-9-18-20(32)7-8-23(44-16-21-26(27(33)34)37(2)36-35-21)25(18)22(39)15-38-17-31(11-12-31)14-24(38)40;1-29(28(42)43)11-16(39)3-4-18(29)27(41)38-10-7-17-19(31)5-6-22(44-14-20-25(26(32)33)36(2)35-34-20)24(17)21(38)13-37-15-30(8-9-30)12-23(37)40;17-11-1-2-13(20)15-10(11)3-6-18-12(15)8-19-9-16(4-5-16)7-14(19)21;/h4-5,7-8,19,22,27H,6,9-17H2,1-3H3;5-6,16,18,21,26,39H,3-4,7-15H2,1-2H3,(H,42,43);1-2,12,18,20H,3-9H2;1H/t19-,22+,30-;16-,18+,21-,29+;12-;/m011./s1. The number of amides is 5. The monoisotopic (exact) mass is 1610 g/mol. The van der Waals surface area contributed by atoms with Gasteiger partial charge in [0.2, 0.25) is 29.5 Å². The number of aliphatic hydroxyl groups is 1. The number of phenols is 1. The lowest BCUT2D eigenvalue weighted by Gasteiger charge is -2.46. The number of carboxylic acid groups (broad SMARTS) is 1. The van der Waals surface area contributed by atoms with Gasteiger partial charge in [0.1, 0.15) is 53.2 Å². The SMILES string of the molecule is COC(=O)[C@@]1(C)CC=CC[C@H]1C(=O)N1CCc2c(Cl)ccc(OCc3nnn(C)c3C(F)F)c2[C@H]1CN1CC2(CC2)CC1=O.Cl.Cn1nnc(COc2ccc(Cl)c3c2[C@@H](CN2CC4(CC4)CC2=O)N(C(=O)[C@@H]2CC[C@@H](O)C[C@]2(C)C(=O)O)CC3)c1C(F)F.O=C1CC2(CC2)CN1C[C@H]1NCCc2c(Cl)ccc(O)c21. The Morgan fingerprint density at radius 3 is 1.50 bits per heavy atom. The van der Waals surface area contributed by atoms with Crippen molar-refractivity contribution >= 4 is 88.7 Å². The molecule has 110 heavy (non-hydrogen) atoms. The minimum atomic E-state index is -2.82. The largest absolute Gasteiger partial charge is 0.508 e. The van der Waals surface area contributed by atoms with Crippen LogP contribution < -0.4 is 14.8 Å². The van der Waals surface area contributed by atoms with Gasteiger partial charge in [-0.3, -0.25) is 33.6 Å². The molecule has 16 rings (SSSR count). The third-order valence-electron chi connectivity index (χ3n) is 25.2. The van der Waals surface area contributed by atoms with Crippen molar-refractivity contribution in [1.82, 2.24) is 59.8 Å². The van der Waals surface area contributed by atoms with Gasteiger partial charge in [-0.15, -0.1) is 22.6 Å². The first-order valence-corrected chi connectivity index (χ1v) is 38.6. The molecule has 3 saturated heterocycles. The summed E-state index contributed by atoms with van der Waals surface area (Å²) in [5.74, 6) is -2.53. The van der Waals surface area contributed by atoms with Gasteiger partial charge < -0.3 is 59.3 Å². The van der Waals surface area contributed by atoms with Crippen LogP contribution in [0.25, 0.3) is 0 Å². The van der Waals surface area contributed by atoms with Crippen molar-refractivity contribution in [1.29, 1.82) is 0 Å². The van der Waals surface area contributed by atoms with Crippen LogP contribution in [0.1, 0.15) is 191 Å². The fourth-order valence-corrected chi connectivity index (χ4v) is 19.1. The van der Waals surface area contributed by atoms with Crippen molar-refractivity contribution in [2.75, 3.05) is 66.0 Å². The maximum Gasteiger partial charge on any atom is 0.312 e. The molecule has 33 heteroatoms. The van der Waals surface area contributed by atoms with Gasteiger partial charge in [-0.2, -0.15) is 0 Å². The van der Waals surface area contributed by atoms with Gasteiger partial charge in [0, 0.05) is 117 Å². The highest BCUT2D eigenvalue weighted by Gasteiger charge is 2.58. The molecule has 3 aromatic carbocycles. The van der Waals surface area contributed by atoms with E-state index in [1.54, 1.807) is 58.0 Å². The van der Waals surface area contributed by atoms with E-state index < -0.39 is 65.6 Å². The second-order valence-electron chi connectivity index (χ2n) is 32.4. The molecule has 0 unspecified atom stereocenters. The van der Waals surface area contributed by atoms with Crippen LogP contribution in [0.2, 0.25) is 15.1 Å². The van der Waals surface area contributed by atoms with E-state index in [4.69, 9.17) is 49.0 Å². The number of aromatic hydroxyl groups is 1. The average molecular weight is 1610 g/mol. The average Bonchev–Trinajstić information content (AvgIpc) is 1.21. The van der Waals surface area contributed by atoms with Crippen molar-refractivity contribution in [3.05, 3.63) is 120 Å². The molecule has 8 heterocycles. The Morgan fingerprint density at radius 2 is 1.06 bits per heavy atom. The third kappa shape index (κ3) is 15.5. The molecule has 25 nitrogen and oxygen atoms in total. The first-order valence-electron chi connectivity index (χ1n) is 37.4. The Labute approximate surface area is 655 Å². The summed E-state index contributed by atoms with van der Waals surface area (Å²) in [6.45, 7) is 7.11. The number of aliphatic carboxylic acids is 1. The summed E-state index contributed by atoms with van der Waals surface area (Å²) in [5, 5.41) is 50.9. The van der Waals surface area contributed by atoms with Crippen LogP contribution in [0.3, 0.4) is 0 Å². The lowest BCUT2D eigenvalue weighted by molar-refractivity contribution is -0.166. The lowest BCUT2D eigenvalue weighted by Crippen LogP contribution is -2.54. The number of aromatic nitrogens is 6. The number of alkyl halides is 4. The van der Waals surface area contributed by atoms with E-state index in [1.807, 2.05) is 22.0 Å². The van der Waals surface area contributed by atoms with E-state index >= 15 is 0 Å². The zero-order chi connectivity index (χ0) is 77.6. The highest BCUT2D eigenvalue weighted by molar-refractivity contribution is 6.32. The van der Waals surface area contributed by atoms with Crippen molar-refractivity contribution < 1.29 is 80.7 Å². The normalized spacial score (nSPS) is 26.2. The first-order chi connectivity index (χ1) is 51.9. The van der Waals surface area contributed by atoms with Crippen LogP contribution in [0.4, 0.5) is 17.6 Å². The molecule has 3 spiro atoms. The number of aryl methyl sites for hydroxylation is 2. The number of fused-ring (bicyclic) bond motifs is 3. The number of carbonyl (C=O) groups is 7. The van der Waals surface area contributed by atoms with Gasteiger partial charge >= 0.3 is 11.9 Å². The fraction of sp³-hybridized carbons (Fsp3) is 0.597. The number of allylic oxidation sites excluding steroid dienone is 2. The summed E-state index contributed by atoms with van der Waals surface area (Å²) < 4.78 is 74.3. The van der Waals surface area contributed by atoms with Gasteiger partial charge in [-0.25, -0.2) is 26.9 Å². The van der Waals surface area contributed by atoms with Crippen LogP contribution in [-0.2, 0) is 84.9 Å². The van der Waals surface area contributed by atoms with E-state index in [0.29, 0.717) is 115 Å². The van der Waals surface area contributed by atoms with Gasteiger partial charge in [-0.1, -0.05) is 57.4 Å². The van der Waals surface area contributed by atoms with E-state index in [9.17, 15) is 66.4 Å². The Morgan fingerprint density at radius 1 is 0.618 bits per heavy atom. The second kappa shape index (κ2) is 31.3. The maximum absolute atomic E-state index is 14.5. The van der Waals surface area contributed by atoms with Gasteiger partial charge in [0.15, 0.2) is 0 Å². The molecule has 0 bridgehead atoms. The van der Waals surface area contributed by atoms with Crippen molar-refractivity contribution in [2.45, 2.75) is 173 Å². The number of methoxy groups -OCH3 is 1. The smallest absolute Gasteiger partial charge is 0.312 e. The van der Waals surface area contributed by atoms with Crippen molar-refractivity contribution in [3.8, 4) is 17.2 Å². The Bertz CT molecular complexity index is 4480. The second-order valence-corrected chi connectivity index (χ2v) is 33.6. The number of esters is 1. The molecule has 0 radical (unpaired) electrons. The molecule has 5 aliphatic carbocycles. The summed E-state index contributed by atoms with van der Waals surface area (Å²) in [4.78, 5) is 102. The number of halogens is 8. The molecule has 5 amide bonds. The molecule has 4 saturated carbocycles. The van der Waals surface area contributed by atoms with Crippen molar-refractivity contribution in [2.24, 2.45) is 53.0 Å². The number of benzene rings is 3. The summed E-state index contributed by atoms with van der Waals surface area (Å²) in [7, 11) is 4.09. The topological polar surface area (TPSA) is 298 Å². The van der Waals surface area contributed by atoms with Crippen molar-refractivity contribution in [3.63, 3.8) is 0 Å². The van der Waals surface area contributed by atoms with Gasteiger partial charge in [-0.05, 0) is 180 Å². The quantitative estimate of drug-likeness (QED) is 0.0360. The third-order valence-corrected chi connectivity index (χ3v) is 26.3. The highest BCUT2D eigenvalue weighted by Crippen LogP contribution is 2.57. The Hall–Kier alpha value is -7.83. The minimum absolute atomic E-state index is 0. The highest BCUT2D eigenvalue weighted by atomic mass is 35.5. The van der Waals surface area contributed by atoms with Gasteiger partial charge in [0.25, 0.3) is 12.9 Å². The van der Waals surface area contributed by atoms with Crippen LogP contribution in [0.15, 0.2) is 48.6 Å². The predicted molar refractivity (Wildman–Crippen MR) is 394 cm³/mol. The molecular weight excluding hydrogens is 1520 g/mol. The fourth-order valence-electron chi connectivity index (χ4n) is 18.3. The molecule has 8 atom stereocenters. The molecule has 594 valence electrons. The van der Waals surface area contributed by atoms with Crippen LogP contribution in [-0.4, -0.2) is 183 Å². The Balaban J connectivity index is 0.000000153. The maximum atomic E-state index is 14.5.